The van der Waals surface area contributed by atoms with Crippen LogP contribution in [0.4, 0.5) is 4.79 Å². The van der Waals surface area contributed by atoms with Crippen LogP contribution in [0.2, 0.25) is 0 Å². The monoisotopic (exact) mass is 1060 g/mol. The van der Waals surface area contributed by atoms with E-state index < -0.39 is 82.4 Å². The second-order valence-electron chi connectivity index (χ2n) is 24.9. The van der Waals surface area contributed by atoms with Crippen LogP contribution < -0.4 is 21.3 Å². The first-order valence-electron chi connectivity index (χ1n) is 27.5. The van der Waals surface area contributed by atoms with E-state index in [-0.39, 0.29) is 67.8 Å². The van der Waals surface area contributed by atoms with Crippen molar-refractivity contribution in [1.82, 2.24) is 36.0 Å². The number of carbonyl (C=O) groups is 8. The lowest BCUT2D eigenvalue weighted by Gasteiger charge is -2.42. The minimum absolute atomic E-state index is 0.0558. The smallest absolute Gasteiger partial charge is 0.410 e. The number of amides is 7. The number of fused-ring (bicyclic) bond motifs is 2. The van der Waals surface area contributed by atoms with E-state index in [0.717, 1.165) is 47.1 Å². The topological polar surface area (TPSA) is 204 Å². The zero-order valence-electron chi connectivity index (χ0n) is 48.0. The molecule has 3 unspecified atom stereocenters. The van der Waals surface area contributed by atoms with Crippen molar-refractivity contribution in [3.8, 4) is 0 Å². The van der Waals surface area contributed by atoms with E-state index in [1.165, 1.54) is 29.3 Å². The number of ketones is 1. The Morgan fingerprint density at radius 2 is 1.32 bits per heavy atom. The molecule has 0 aromatic heterocycles. The number of Topliss-reactive ketones (excluding diaryl/α,β-unsaturated/α-hetero) is 1. The number of likely N-dealkylation sites (N-methyl/N-ethyl adjacent to an activating group) is 1. The molecule has 2 aliphatic heterocycles. The van der Waals surface area contributed by atoms with E-state index in [4.69, 9.17) is 4.74 Å². The predicted octanol–water partition coefficient (Wildman–Crippen LogP) is 7.50. The number of nitrogens with one attached hydrogen (secondary N) is 4. The Bertz CT molecular complexity index is 2670. The number of rotatable bonds is 16. The molecule has 1 aliphatic carbocycles. The van der Waals surface area contributed by atoms with Crippen LogP contribution in [0.15, 0.2) is 72.8 Å². The molecule has 4 N–H and O–H groups in total. The van der Waals surface area contributed by atoms with E-state index in [0.29, 0.717) is 6.42 Å². The number of hydrogen-bond acceptors (Lipinski definition) is 9. The van der Waals surface area contributed by atoms with Gasteiger partial charge in [0, 0.05) is 38.4 Å². The summed E-state index contributed by atoms with van der Waals surface area (Å²) in [4.78, 5) is 118. The molecule has 16 nitrogen and oxygen atoms in total. The van der Waals surface area contributed by atoms with Gasteiger partial charge in [0.25, 0.3) is 0 Å². The normalized spacial score (nSPS) is 20.4. The molecular formula is C61H85N7O9. The molecule has 3 aromatic rings. The Morgan fingerprint density at radius 3 is 1.94 bits per heavy atom. The van der Waals surface area contributed by atoms with Crippen molar-refractivity contribution >= 4 is 47.3 Å². The average molecular weight is 1060 g/mol. The molecule has 0 saturated carbocycles. The Balaban J connectivity index is 1.36. The Hall–Kier alpha value is -6.58. The van der Waals surface area contributed by atoms with Gasteiger partial charge in [-0.25, -0.2) is 4.79 Å². The van der Waals surface area contributed by atoms with Crippen LogP contribution in [0, 0.1) is 16.7 Å². The third-order valence-electron chi connectivity index (χ3n) is 15.6. The third kappa shape index (κ3) is 14.7. The van der Waals surface area contributed by atoms with E-state index in [9.17, 15) is 28.8 Å². The van der Waals surface area contributed by atoms with Crippen molar-refractivity contribution in [2.45, 2.75) is 195 Å². The number of ether oxygens (including phenoxy) is 1. The standard InChI is InChI=1S/C61H85N7O9/c1-15-36(2)52(70)64-50(59(5,6)7)56(74)67-34-43-31-41(28-29-42(43)32-48(67)54(72)62-46-27-21-25-40-24-19-20-26-45(40)46)44-33-49(55(73)63-47(38(4)69)30-39-22-17-16-18-23-39)68(35-44)57(75)51(60(8,9)10)65-53(71)37(3)66(14)58(76)77-61(11,12)13/h16-20,22-24,26,28-29,31,36-37,44,46-51H,15,21,25,27,30,32-35H2,1-14H3,(H,62,72)(H,63,73)(H,64,70)(H,65,71)/t36-,37+,44?,46?,47?,48+,49+,50-,51-/m1/s1. The zero-order valence-corrected chi connectivity index (χ0v) is 48.0. The van der Waals surface area contributed by atoms with E-state index in [1.807, 2.05) is 122 Å². The second-order valence-corrected chi connectivity index (χ2v) is 24.9. The van der Waals surface area contributed by atoms with Crippen LogP contribution in [0.3, 0.4) is 0 Å². The van der Waals surface area contributed by atoms with E-state index >= 15 is 9.59 Å². The van der Waals surface area contributed by atoms with Gasteiger partial charge in [-0.1, -0.05) is 128 Å². The van der Waals surface area contributed by atoms with Gasteiger partial charge in [-0.3, -0.25) is 38.5 Å². The Morgan fingerprint density at radius 1 is 0.714 bits per heavy atom. The molecule has 3 aliphatic rings. The van der Waals surface area contributed by atoms with E-state index in [1.54, 1.807) is 32.6 Å². The molecule has 0 bridgehead atoms. The van der Waals surface area contributed by atoms with Gasteiger partial charge in [0.2, 0.25) is 35.4 Å². The summed E-state index contributed by atoms with van der Waals surface area (Å²) in [6.07, 6.45) is 3.07. The molecule has 77 heavy (non-hydrogen) atoms. The average Bonchev–Trinajstić information content (AvgIpc) is 3.83. The van der Waals surface area contributed by atoms with Gasteiger partial charge in [-0.05, 0) is 117 Å². The number of hydrogen-bond donors (Lipinski definition) is 4. The molecule has 0 spiro atoms. The first-order chi connectivity index (χ1) is 36.0. The van der Waals surface area contributed by atoms with Gasteiger partial charge >= 0.3 is 6.09 Å². The fraction of sp³-hybridized carbons (Fsp3) is 0.574. The van der Waals surface area contributed by atoms with Crippen molar-refractivity contribution < 1.29 is 43.1 Å². The van der Waals surface area contributed by atoms with Gasteiger partial charge in [-0.2, -0.15) is 0 Å². The first-order valence-corrected chi connectivity index (χ1v) is 27.5. The van der Waals surface area contributed by atoms with Crippen LogP contribution in [0.1, 0.15) is 161 Å². The van der Waals surface area contributed by atoms with Crippen LogP contribution >= 0.6 is 0 Å². The molecule has 7 amide bonds. The summed E-state index contributed by atoms with van der Waals surface area (Å²) in [5, 5.41) is 12.3. The molecule has 0 radical (unpaired) electrons. The highest BCUT2D eigenvalue weighted by Crippen LogP contribution is 2.38. The summed E-state index contributed by atoms with van der Waals surface area (Å²) in [5.41, 5.74) is 3.13. The highest BCUT2D eigenvalue weighted by Gasteiger charge is 2.48. The molecule has 16 heteroatoms. The minimum atomic E-state index is -1.16. The van der Waals surface area contributed by atoms with Crippen molar-refractivity contribution in [3.63, 3.8) is 0 Å². The van der Waals surface area contributed by atoms with E-state index in [2.05, 4.69) is 27.3 Å². The van der Waals surface area contributed by atoms with Crippen LogP contribution in [0.5, 0.6) is 0 Å². The Kier molecular flexibility index (Phi) is 18.9. The second kappa shape index (κ2) is 24.4. The number of nitrogens with zero attached hydrogens (tertiary/aromatic N) is 3. The highest BCUT2D eigenvalue weighted by molar-refractivity contribution is 5.97. The molecule has 1 saturated heterocycles. The lowest BCUT2D eigenvalue weighted by Crippen LogP contribution is -2.61. The summed E-state index contributed by atoms with van der Waals surface area (Å²) >= 11 is 0. The maximum absolute atomic E-state index is 15.2. The maximum Gasteiger partial charge on any atom is 0.410 e. The van der Waals surface area contributed by atoms with Crippen molar-refractivity contribution in [2.75, 3.05) is 13.6 Å². The molecule has 9 atom stereocenters. The lowest BCUT2D eigenvalue weighted by molar-refractivity contribution is -0.147. The van der Waals surface area contributed by atoms with Crippen LogP contribution in [-0.2, 0) is 64.1 Å². The molecule has 1 fully saturated rings. The summed E-state index contributed by atoms with van der Waals surface area (Å²) in [6, 6.07) is 17.1. The number of aryl methyl sites for hydroxylation is 1. The fourth-order valence-corrected chi connectivity index (χ4v) is 10.5. The van der Waals surface area contributed by atoms with Gasteiger partial charge in [0.05, 0.1) is 12.1 Å². The van der Waals surface area contributed by atoms with Gasteiger partial charge in [0.1, 0.15) is 35.8 Å². The quantitative estimate of drug-likeness (QED) is 0.112. The molecule has 6 rings (SSSR count). The zero-order chi connectivity index (χ0) is 56.9. The largest absolute Gasteiger partial charge is 0.444 e. The number of benzene rings is 3. The molecular weight excluding hydrogens is 975 g/mol. The third-order valence-corrected chi connectivity index (χ3v) is 15.6. The minimum Gasteiger partial charge on any atom is -0.444 e. The van der Waals surface area contributed by atoms with Crippen molar-refractivity contribution in [2.24, 2.45) is 16.7 Å². The first kappa shape index (κ1) is 59.7. The summed E-state index contributed by atoms with van der Waals surface area (Å²) in [5.74, 6) is -3.55. The van der Waals surface area contributed by atoms with Crippen molar-refractivity contribution in [3.05, 3.63) is 106 Å². The lowest BCUT2D eigenvalue weighted by atomic mass is 9.83. The summed E-state index contributed by atoms with van der Waals surface area (Å²) < 4.78 is 5.52. The van der Waals surface area contributed by atoms with Gasteiger partial charge in [-0.15, -0.1) is 0 Å². The fourth-order valence-electron chi connectivity index (χ4n) is 10.5. The van der Waals surface area contributed by atoms with Crippen molar-refractivity contribution in [1.29, 1.82) is 0 Å². The van der Waals surface area contributed by atoms with Gasteiger partial charge in [0.15, 0.2) is 5.78 Å². The van der Waals surface area contributed by atoms with Gasteiger partial charge < -0.3 is 35.8 Å². The molecule has 418 valence electrons. The summed E-state index contributed by atoms with van der Waals surface area (Å²) in [6.45, 7) is 23.1. The number of likely N-dealkylation sites (tertiary alicyclic amines) is 1. The summed E-state index contributed by atoms with van der Waals surface area (Å²) in [7, 11) is 1.45. The Labute approximate surface area is 456 Å². The number of carbonyl (C=O) groups excluding carboxylic acids is 8. The molecule has 3 aromatic carbocycles. The molecule has 2 heterocycles. The highest BCUT2D eigenvalue weighted by atomic mass is 16.6. The predicted molar refractivity (Wildman–Crippen MR) is 296 cm³/mol. The SMILES string of the molecule is CC[C@@H](C)C(=O)N[C@H](C(=O)N1Cc2cc(C3C[C@@H](C(=O)NC(Cc4ccccc4)C(C)=O)N(C(=O)[C@@H](NC(=O)[C@H](C)N(C)C(=O)OC(C)(C)C)C(C)(C)C)C3)ccc2C[C@H]1C(=O)NC1CCCc2ccccc21)C(C)(C)C. The van der Waals surface area contributed by atoms with Crippen LogP contribution in [0.25, 0.3) is 0 Å². The maximum atomic E-state index is 15.2. The van der Waals surface area contributed by atoms with Crippen LogP contribution in [-0.4, -0.2) is 117 Å².